The Balaban J connectivity index is 1.12. The molecule has 0 fully saturated rings. The average Bonchev–Trinajstić information content (AvgIpc) is 3.37. The quantitative estimate of drug-likeness (QED) is 0.166. The number of aromatic nitrogens is 1. The molecule has 0 saturated heterocycles. The molecular formula is C35H31NO4. The van der Waals surface area contributed by atoms with Crippen LogP contribution in [0.25, 0.3) is 32.4 Å². The molecule has 5 aromatic carbocycles. The van der Waals surface area contributed by atoms with Crippen LogP contribution in [0.2, 0.25) is 0 Å². The molecule has 0 atom stereocenters. The summed E-state index contributed by atoms with van der Waals surface area (Å²) >= 11 is 0. The van der Waals surface area contributed by atoms with Crippen molar-refractivity contribution < 1.29 is 19.4 Å². The van der Waals surface area contributed by atoms with Gasteiger partial charge in [-0.3, -0.25) is 0 Å². The van der Waals surface area contributed by atoms with E-state index in [1.807, 2.05) is 60.7 Å². The molecule has 0 aliphatic rings. The number of nitrogens with one attached hydrogen (secondary N) is 1. The van der Waals surface area contributed by atoms with Crippen LogP contribution in [0.5, 0.6) is 11.5 Å². The van der Waals surface area contributed by atoms with E-state index in [9.17, 15) is 9.90 Å². The van der Waals surface area contributed by atoms with Gasteiger partial charge in [0, 0.05) is 21.7 Å². The predicted octanol–water partition coefficient (Wildman–Crippen LogP) is 8.20. The first-order valence-electron chi connectivity index (χ1n) is 13.8. The number of aryl methyl sites for hydroxylation is 2. The second-order valence-corrected chi connectivity index (χ2v) is 9.98. The number of hydrogen-bond acceptors (Lipinski definition) is 3. The maximum atomic E-state index is 12.1. The number of rotatable bonds is 11. The lowest BCUT2D eigenvalue weighted by molar-refractivity contribution is 0.0690. The van der Waals surface area contributed by atoms with Gasteiger partial charge in [0.05, 0.1) is 13.2 Å². The van der Waals surface area contributed by atoms with E-state index in [1.165, 1.54) is 0 Å². The molecule has 0 aliphatic heterocycles. The second kappa shape index (κ2) is 11.5. The Hall–Kier alpha value is -4.77. The van der Waals surface area contributed by atoms with Crippen molar-refractivity contribution in [2.75, 3.05) is 13.2 Å². The number of hydrogen-bond donors (Lipinski definition) is 2. The van der Waals surface area contributed by atoms with Crippen LogP contribution in [-0.4, -0.2) is 29.3 Å². The molecule has 5 heteroatoms. The smallest absolute Gasteiger partial charge is 0.352 e. The highest BCUT2D eigenvalue weighted by Crippen LogP contribution is 2.29. The minimum Gasteiger partial charge on any atom is -0.493 e. The Morgan fingerprint density at radius 3 is 1.77 bits per heavy atom. The number of aromatic carboxylic acids is 1. The van der Waals surface area contributed by atoms with Crippen molar-refractivity contribution in [1.29, 1.82) is 0 Å². The number of para-hydroxylation sites is 1. The fourth-order valence-electron chi connectivity index (χ4n) is 5.50. The summed E-state index contributed by atoms with van der Waals surface area (Å²) in [6, 6.07) is 34.6. The molecular weight excluding hydrogens is 498 g/mol. The van der Waals surface area contributed by atoms with Gasteiger partial charge in [-0.1, -0.05) is 91.0 Å². The molecule has 0 saturated carbocycles. The number of benzene rings is 5. The first kappa shape index (κ1) is 25.5. The van der Waals surface area contributed by atoms with Crippen molar-refractivity contribution in [3.8, 4) is 11.5 Å². The van der Waals surface area contributed by atoms with Gasteiger partial charge >= 0.3 is 5.97 Å². The molecule has 6 rings (SSSR count). The first-order valence-corrected chi connectivity index (χ1v) is 13.8. The number of carboxylic acids is 1. The van der Waals surface area contributed by atoms with E-state index in [0.29, 0.717) is 26.1 Å². The lowest BCUT2D eigenvalue weighted by Gasteiger charge is -2.10. The number of H-pyrrole nitrogens is 1. The lowest BCUT2D eigenvalue weighted by atomic mass is 10.0. The first-order chi connectivity index (χ1) is 19.7. The summed E-state index contributed by atoms with van der Waals surface area (Å²) in [4.78, 5) is 15.4. The van der Waals surface area contributed by atoms with Gasteiger partial charge in [-0.2, -0.15) is 0 Å². The van der Waals surface area contributed by atoms with Crippen LogP contribution in [0.4, 0.5) is 0 Å². The largest absolute Gasteiger partial charge is 0.493 e. The van der Waals surface area contributed by atoms with Crippen molar-refractivity contribution in [1.82, 2.24) is 4.98 Å². The Morgan fingerprint density at radius 2 is 1.15 bits per heavy atom. The van der Waals surface area contributed by atoms with Gasteiger partial charge in [0.25, 0.3) is 0 Å². The number of aromatic amines is 1. The SMILES string of the molecule is O=C(O)c1[nH]c2c(CCCOc3cccc4ccccc34)cccc2c1CCCOc1cccc2ccccc12. The van der Waals surface area contributed by atoms with Gasteiger partial charge < -0.3 is 19.6 Å². The summed E-state index contributed by atoms with van der Waals surface area (Å²) in [6.07, 6.45) is 2.92. The van der Waals surface area contributed by atoms with Crippen molar-refractivity contribution in [2.24, 2.45) is 0 Å². The Kier molecular flexibility index (Phi) is 7.36. The molecule has 0 bridgehead atoms. The zero-order chi connectivity index (χ0) is 27.3. The third kappa shape index (κ3) is 5.23. The topological polar surface area (TPSA) is 71.5 Å². The van der Waals surface area contributed by atoms with E-state index in [1.54, 1.807) is 0 Å². The number of carbonyl (C=O) groups is 1. The van der Waals surface area contributed by atoms with Gasteiger partial charge in [0.1, 0.15) is 17.2 Å². The van der Waals surface area contributed by atoms with Crippen LogP contribution in [0.15, 0.2) is 103 Å². The highest BCUT2D eigenvalue weighted by molar-refractivity contribution is 5.98. The molecule has 200 valence electrons. The lowest BCUT2D eigenvalue weighted by Crippen LogP contribution is -2.04. The molecule has 1 heterocycles. The van der Waals surface area contributed by atoms with E-state index < -0.39 is 5.97 Å². The van der Waals surface area contributed by atoms with Crippen LogP contribution in [-0.2, 0) is 12.8 Å². The molecule has 6 aromatic rings. The fourth-order valence-corrected chi connectivity index (χ4v) is 5.50. The maximum absolute atomic E-state index is 12.1. The third-order valence-corrected chi connectivity index (χ3v) is 7.42. The normalized spacial score (nSPS) is 11.3. The summed E-state index contributed by atoms with van der Waals surface area (Å²) in [6.45, 7) is 1.08. The van der Waals surface area contributed by atoms with Gasteiger partial charge in [0.15, 0.2) is 0 Å². The van der Waals surface area contributed by atoms with Crippen molar-refractivity contribution in [3.05, 3.63) is 120 Å². The van der Waals surface area contributed by atoms with Gasteiger partial charge in [0.2, 0.25) is 0 Å². The fraction of sp³-hybridized carbons (Fsp3) is 0.171. The average molecular weight is 530 g/mol. The zero-order valence-electron chi connectivity index (χ0n) is 22.2. The molecule has 0 unspecified atom stereocenters. The molecule has 40 heavy (non-hydrogen) atoms. The predicted molar refractivity (Wildman–Crippen MR) is 161 cm³/mol. The standard InChI is InChI=1S/C35H31NO4/c37-35(38)34-30(19-9-23-40-32-21-7-13-25-11-2-4-17-28(25)32)29-18-5-14-26(33(29)36-34)15-8-22-39-31-20-6-12-24-10-1-3-16-27(24)31/h1-7,10-14,16-18,20-21,36H,8-9,15,19,22-23H2,(H,37,38). The highest BCUT2D eigenvalue weighted by Gasteiger charge is 2.18. The zero-order valence-corrected chi connectivity index (χ0v) is 22.2. The molecule has 0 amide bonds. The summed E-state index contributed by atoms with van der Waals surface area (Å²) in [5.41, 5.74) is 3.09. The Bertz CT molecular complexity index is 1790. The molecule has 1 aromatic heterocycles. The number of ether oxygens (including phenoxy) is 2. The summed E-state index contributed by atoms with van der Waals surface area (Å²) < 4.78 is 12.2. The van der Waals surface area contributed by atoms with Crippen LogP contribution >= 0.6 is 0 Å². The highest BCUT2D eigenvalue weighted by atomic mass is 16.5. The number of fused-ring (bicyclic) bond motifs is 3. The van der Waals surface area contributed by atoms with Crippen LogP contribution < -0.4 is 9.47 Å². The Labute approximate surface area is 233 Å². The molecule has 0 radical (unpaired) electrons. The molecule has 0 aliphatic carbocycles. The Morgan fingerprint density at radius 1 is 0.625 bits per heavy atom. The van der Waals surface area contributed by atoms with Crippen LogP contribution in [0.1, 0.15) is 34.5 Å². The minimum absolute atomic E-state index is 0.264. The van der Waals surface area contributed by atoms with Crippen molar-refractivity contribution in [3.63, 3.8) is 0 Å². The third-order valence-electron chi connectivity index (χ3n) is 7.42. The van der Waals surface area contributed by atoms with Crippen molar-refractivity contribution in [2.45, 2.75) is 25.7 Å². The van der Waals surface area contributed by atoms with E-state index in [4.69, 9.17) is 9.47 Å². The summed E-state index contributed by atoms with van der Waals surface area (Å²) in [5, 5.41) is 15.4. The van der Waals surface area contributed by atoms with E-state index in [-0.39, 0.29) is 5.69 Å². The summed E-state index contributed by atoms with van der Waals surface area (Å²) in [7, 11) is 0. The van der Waals surface area contributed by atoms with Gasteiger partial charge in [-0.15, -0.1) is 0 Å². The van der Waals surface area contributed by atoms with E-state index >= 15 is 0 Å². The van der Waals surface area contributed by atoms with Crippen LogP contribution in [0, 0.1) is 0 Å². The maximum Gasteiger partial charge on any atom is 0.352 e. The van der Waals surface area contributed by atoms with E-state index in [2.05, 4.69) is 47.4 Å². The molecule has 5 nitrogen and oxygen atoms in total. The van der Waals surface area contributed by atoms with E-state index in [0.717, 1.165) is 67.9 Å². The minimum atomic E-state index is -0.939. The molecule has 2 N–H and O–H groups in total. The van der Waals surface area contributed by atoms with Gasteiger partial charge in [-0.25, -0.2) is 4.79 Å². The van der Waals surface area contributed by atoms with Crippen LogP contribution in [0.3, 0.4) is 0 Å². The second-order valence-electron chi connectivity index (χ2n) is 9.98. The van der Waals surface area contributed by atoms with Gasteiger partial charge in [-0.05, 0) is 59.7 Å². The molecule has 0 spiro atoms. The summed E-state index contributed by atoms with van der Waals surface area (Å²) in [5.74, 6) is 0.798. The van der Waals surface area contributed by atoms with Crippen molar-refractivity contribution >= 4 is 38.4 Å². The monoisotopic (exact) mass is 529 g/mol. The number of carboxylic acid groups (broad SMARTS) is 1.